The summed E-state index contributed by atoms with van der Waals surface area (Å²) in [6.45, 7) is -0.244. The lowest BCUT2D eigenvalue weighted by atomic mass is 10.8. The van der Waals surface area contributed by atoms with E-state index in [2.05, 4.69) is 0 Å². The molecule has 0 aliphatic carbocycles. The largest absolute Gasteiger partial charge is 0.393 e. The molecular weight excluding hydrogens is 128 g/mol. The molecule has 2 N–H and O–H groups in total. The molecule has 0 aliphatic rings. The summed E-state index contributed by atoms with van der Waals surface area (Å²) >= 11 is 0.144. The van der Waals surface area contributed by atoms with Crippen molar-refractivity contribution < 1.29 is 15.0 Å². The molecule has 0 amide bonds. The molecule has 0 aromatic carbocycles. The molecule has 0 aromatic heterocycles. The molecule has 4 heteroatoms. The van der Waals surface area contributed by atoms with Crippen LogP contribution in [0.25, 0.3) is 0 Å². The summed E-state index contributed by atoms with van der Waals surface area (Å²) in [7, 11) is 0. The van der Waals surface area contributed by atoms with Crippen LogP contribution < -0.4 is 0 Å². The maximum atomic E-state index is 9.64. The van der Waals surface area contributed by atoms with Gasteiger partial charge in [0.25, 0.3) is 0 Å². The standard InChI is InChI=1S/C4H10O3S/c5-1-2-8-4(7)3-6/h1,4,6-7H,2-3,8H2/t4-/m0/s1. The predicted molar refractivity (Wildman–Crippen MR) is 34.4 cm³/mol. The number of aliphatic hydroxyl groups is 2. The molecule has 50 valence electrons. The highest BCUT2D eigenvalue weighted by atomic mass is 32.2. The first-order valence-electron chi connectivity index (χ1n) is 2.27. The zero-order chi connectivity index (χ0) is 6.41. The van der Waals surface area contributed by atoms with Crippen molar-refractivity contribution in [3.63, 3.8) is 0 Å². The van der Waals surface area contributed by atoms with Gasteiger partial charge in [-0.25, -0.2) is 11.8 Å². The molecule has 8 heavy (non-hydrogen) atoms. The lowest BCUT2D eigenvalue weighted by molar-refractivity contribution is -0.105. The van der Waals surface area contributed by atoms with Crippen molar-refractivity contribution in [3.8, 4) is 0 Å². The molecule has 0 unspecified atom stereocenters. The molecule has 0 saturated carbocycles. The fourth-order valence-electron chi connectivity index (χ4n) is 0.249. The maximum absolute atomic E-state index is 9.64. The number of carbonyl (C=O) groups is 1. The Kier molecular flexibility index (Phi) is 5.05. The highest BCUT2D eigenvalue weighted by Crippen LogP contribution is 2.03. The van der Waals surface area contributed by atoms with E-state index in [0.717, 1.165) is 6.29 Å². The number of hydrogen-bond donors (Lipinski definition) is 2. The first kappa shape index (κ1) is 7.94. The number of aliphatic hydroxyl groups excluding tert-OH is 2. The van der Waals surface area contributed by atoms with E-state index in [4.69, 9.17) is 10.2 Å². The third kappa shape index (κ3) is 4.11. The van der Waals surface area contributed by atoms with Crippen molar-refractivity contribution in [1.29, 1.82) is 0 Å². The minimum Gasteiger partial charge on any atom is -0.393 e. The van der Waals surface area contributed by atoms with Crippen molar-refractivity contribution >= 4 is 18.0 Å². The van der Waals surface area contributed by atoms with Crippen LogP contribution in [0.3, 0.4) is 0 Å². The molecule has 3 nitrogen and oxygen atoms in total. The van der Waals surface area contributed by atoms with Crippen molar-refractivity contribution in [2.24, 2.45) is 0 Å². The van der Waals surface area contributed by atoms with Crippen molar-refractivity contribution in [1.82, 2.24) is 0 Å². The summed E-state index contributed by atoms with van der Waals surface area (Å²) in [6, 6.07) is 0. The van der Waals surface area contributed by atoms with Crippen LogP contribution in [0.4, 0.5) is 0 Å². The van der Waals surface area contributed by atoms with Crippen LogP contribution in [0, 0.1) is 0 Å². The van der Waals surface area contributed by atoms with E-state index in [1.807, 2.05) is 0 Å². The Labute approximate surface area is 51.7 Å². The summed E-state index contributed by atoms with van der Waals surface area (Å²) in [5.41, 5.74) is -0.694. The van der Waals surface area contributed by atoms with Crippen LogP contribution in [-0.4, -0.2) is 34.3 Å². The molecule has 0 radical (unpaired) electrons. The Morgan fingerprint density at radius 2 is 2.38 bits per heavy atom. The highest BCUT2D eigenvalue weighted by Gasteiger charge is 1.95. The van der Waals surface area contributed by atoms with Gasteiger partial charge in [0.2, 0.25) is 0 Å². The van der Waals surface area contributed by atoms with Gasteiger partial charge < -0.3 is 15.0 Å². The third-order valence-electron chi connectivity index (χ3n) is 0.610. The Balaban J connectivity index is 2.97. The van der Waals surface area contributed by atoms with Crippen LogP contribution in [0.1, 0.15) is 0 Å². The van der Waals surface area contributed by atoms with E-state index in [1.165, 1.54) is 0 Å². The second kappa shape index (κ2) is 5.08. The van der Waals surface area contributed by atoms with Crippen LogP contribution in [0.2, 0.25) is 0 Å². The molecular formula is C4H10O3S. The molecule has 0 aromatic rings. The maximum Gasteiger partial charge on any atom is 0.127 e. The average Bonchev–Trinajstić information content (AvgIpc) is 1.83. The number of carbonyl (C=O) groups excluding carboxylic acids is 1. The monoisotopic (exact) mass is 138 g/mol. The minimum absolute atomic E-state index is 0.144. The van der Waals surface area contributed by atoms with E-state index in [9.17, 15) is 4.79 Å². The normalized spacial score (nSPS) is 15.8. The predicted octanol–water partition coefficient (Wildman–Crippen LogP) is -1.31. The van der Waals surface area contributed by atoms with Gasteiger partial charge in [-0.3, -0.25) is 0 Å². The zero-order valence-electron chi connectivity index (χ0n) is 4.37. The molecule has 0 rings (SSSR count). The fourth-order valence-corrected chi connectivity index (χ4v) is 0.746. The topological polar surface area (TPSA) is 57.5 Å². The summed E-state index contributed by atoms with van der Waals surface area (Å²) in [5, 5.41) is 16.8. The highest BCUT2D eigenvalue weighted by molar-refractivity contribution is 8.00. The van der Waals surface area contributed by atoms with Crippen LogP contribution in [-0.2, 0) is 4.79 Å². The van der Waals surface area contributed by atoms with E-state index >= 15 is 0 Å². The van der Waals surface area contributed by atoms with Gasteiger partial charge in [0.1, 0.15) is 11.7 Å². The lowest BCUT2D eigenvalue weighted by Gasteiger charge is -2.03. The number of aldehydes is 1. The molecule has 0 fully saturated rings. The minimum atomic E-state index is -0.694. The summed E-state index contributed by atoms with van der Waals surface area (Å²) in [4.78, 5) is 9.64. The summed E-state index contributed by atoms with van der Waals surface area (Å²) < 4.78 is 0. The van der Waals surface area contributed by atoms with Crippen LogP contribution >= 0.6 is 11.8 Å². The van der Waals surface area contributed by atoms with Gasteiger partial charge in [-0.2, -0.15) is 0 Å². The molecule has 0 bridgehead atoms. The fraction of sp³-hybridized carbons (Fsp3) is 0.750. The van der Waals surface area contributed by atoms with E-state index in [0.29, 0.717) is 5.75 Å². The molecule has 0 heterocycles. The third-order valence-corrected chi connectivity index (χ3v) is 1.67. The Hall–Kier alpha value is -0.0600. The van der Waals surface area contributed by atoms with Crippen LogP contribution in [0.5, 0.6) is 0 Å². The SMILES string of the molecule is O=CC[SH2][C@H](O)CO. The van der Waals surface area contributed by atoms with Gasteiger partial charge in [0.15, 0.2) is 0 Å². The molecule has 0 aliphatic heterocycles. The van der Waals surface area contributed by atoms with Gasteiger partial charge in [-0.1, -0.05) is 0 Å². The van der Waals surface area contributed by atoms with Gasteiger partial charge in [-0.15, -0.1) is 0 Å². The van der Waals surface area contributed by atoms with Crippen LogP contribution in [0.15, 0.2) is 0 Å². The van der Waals surface area contributed by atoms with Gasteiger partial charge >= 0.3 is 0 Å². The quantitative estimate of drug-likeness (QED) is 0.474. The summed E-state index contributed by atoms with van der Waals surface area (Å²) in [5.74, 6) is 0.349. The van der Waals surface area contributed by atoms with E-state index in [1.54, 1.807) is 0 Å². The zero-order valence-corrected chi connectivity index (χ0v) is 5.37. The van der Waals surface area contributed by atoms with Crippen molar-refractivity contribution in [2.45, 2.75) is 5.44 Å². The first-order chi connectivity index (χ1) is 3.81. The second-order valence-electron chi connectivity index (χ2n) is 1.27. The molecule has 1 atom stereocenters. The Bertz CT molecular complexity index is 66.3. The van der Waals surface area contributed by atoms with E-state index in [-0.39, 0.29) is 18.4 Å². The smallest absolute Gasteiger partial charge is 0.127 e. The van der Waals surface area contributed by atoms with Crippen molar-refractivity contribution in [2.75, 3.05) is 12.4 Å². The van der Waals surface area contributed by atoms with Gasteiger partial charge in [0.05, 0.1) is 6.61 Å². The Morgan fingerprint density at radius 3 is 2.75 bits per heavy atom. The van der Waals surface area contributed by atoms with Crippen molar-refractivity contribution in [3.05, 3.63) is 0 Å². The molecule has 0 saturated heterocycles. The van der Waals surface area contributed by atoms with Gasteiger partial charge in [-0.05, 0) is 0 Å². The summed E-state index contributed by atoms with van der Waals surface area (Å²) in [6.07, 6.45) is 0.733. The Morgan fingerprint density at radius 1 is 1.75 bits per heavy atom. The molecule has 0 spiro atoms. The first-order valence-corrected chi connectivity index (χ1v) is 3.55. The lowest BCUT2D eigenvalue weighted by Crippen LogP contribution is -2.07. The average molecular weight is 138 g/mol. The second-order valence-corrected chi connectivity index (χ2v) is 2.76. The van der Waals surface area contributed by atoms with E-state index < -0.39 is 5.44 Å². The number of rotatable bonds is 4. The van der Waals surface area contributed by atoms with Gasteiger partial charge in [0, 0.05) is 5.75 Å². The number of hydrogen-bond acceptors (Lipinski definition) is 3.